The van der Waals surface area contributed by atoms with E-state index in [1.54, 1.807) is 0 Å². The summed E-state index contributed by atoms with van der Waals surface area (Å²) in [6.45, 7) is 0.387. The minimum Gasteiger partial charge on any atom is -0.345 e. The van der Waals surface area contributed by atoms with Gasteiger partial charge in [0.15, 0.2) is 0 Å². The summed E-state index contributed by atoms with van der Waals surface area (Å²) in [6, 6.07) is 9.78. The lowest BCUT2D eigenvalue weighted by molar-refractivity contribution is -0.139. The molecule has 25 heavy (non-hydrogen) atoms. The Bertz CT molecular complexity index is 504. The summed E-state index contributed by atoms with van der Waals surface area (Å²) in [5.41, 5.74) is 0.995. The third kappa shape index (κ3) is 8.19. The number of hydrogen-bond donors (Lipinski definition) is 2. The normalized spacial score (nSPS) is 17.8. The van der Waals surface area contributed by atoms with Crippen molar-refractivity contribution in [1.29, 1.82) is 0 Å². The zero-order valence-corrected chi connectivity index (χ0v) is 15.3. The van der Waals surface area contributed by atoms with Gasteiger partial charge in [0.1, 0.15) is 0 Å². The molecule has 0 radical (unpaired) electrons. The summed E-state index contributed by atoms with van der Waals surface area (Å²) in [7, 11) is 0. The average molecular weight is 344 g/mol. The van der Waals surface area contributed by atoms with Gasteiger partial charge in [-0.15, -0.1) is 0 Å². The summed E-state index contributed by atoms with van der Waals surface area (Å²) in [4.78, 5) is 24.2. The van der Waals surface area contributed by atoms with Crippen LogP contribution >= 0.6 is 0 Å². The molecule has 1 aliphatic carbocycles. The Morgan fingerprint density at radius 3 is 1.84 bits per heavy atom. The van der Waals surface area contributed by atoms with Crippen molar-refractivity contribution in [2.45, 2.75) is 83.2 Å². The number of benzene rings is 1. The van der Waals surface area contributed by atoms with E-state index in [1.165, 1.54) is 44.9 Å². The molecule has 1 fully saturated rings. The molecule has 1 aromatic carbocycles. The molecule has 0 aromatic heterocycles. The van der Waals surface area contributed by atoms with Gasteiger partial charge in [0.25, 0.3) is 0 Å². The van der Waals surface area contributed by atoms with E-state index in [0.29, 0.717) is 6.54 Å². The summed E-state index contributed by atoms with van der Waals surface area (Å²) in [6.07, 6.45) is 13.3. The van der Waals surface area contributed by atoms with Crippen LogP contribution in [0.1, 0.15) is 76.2 Å². The number of carbonyl (C=O) groups excluding carboxylic acids is 2. The number of rotatable bonds is 3. The number of amides is 2. The van der Waals surface area contributed by atoms with Crippen LogP contribution in [-0.2, 0) is 16.1 Å². The molecule has 2 N–H and O–H groups in total. The molecule has 0 unspecified atom stereocenters. The van der Waals surface area contributed by atoms with Crippen LogP contribution in [0.5, 0.6) is 0 Å². The van der Waals surface area contributed by atoms with Gasteiger partial charge >= 0.3 is 11.8 Å². The van der Waals surface area contributed by atoms with Gasteiger partial charge in [-0.3, -0.25) is 9.59 Å². The minimum atomic E-state index is -0.532. The predicted molar refractivity (Wildman–Crippen MR) is 101 cm³/mol. The highest BCUT2D eigenvalue weighted by Gasteiger charge is 2.18. The highest BCUT2D eigenvalue weighted by atomic mass is 16.2. The number of nitrogens with one attached hydrogen (secondary N) is 2. The van der Waals surface area contributed by atoms with Crippen LogP contribution < -0.4 is 10.6 Å². The Morgan fingerprint density at radius 1 is 0.760 bits per heavy atom. The minimum absolute atomic E-state index is 0.134. The molecule has 0 aliphatic heterocycles. The highest BCUT2D eigenvalue weighted by molar-refractivity contribution is 6.35. The maximum atomic E-state index is 12.2. The first-order valence-corrected chi connectivity index (χ1v) is 9.88. The quantitative estimate of drug-likeness (QED) is 0.811. The Morgan fingerprint density at radius 2 is 1.28 bits per heavy atom. The summed E-state index contributed by atoms with van der Waals surface area (Å²) in [5, 5.41) is 5.66. The van der Waals surface area contributed by atoms with Crippen LogP contribution in [0.25, 0.3) is 0 Å². The number of carbonyl (C=O) groups is 2. The van der Waals surface area contributed by atoms with Crippen molar-refractivity contribution in [3.63, 3.8) is 0 Å². The van der Waals surface area contributed by atoms with Gasteiger partial charge < -0.3 is 10.6 Å². The van der Waals surface area contributed by atoms with Gasteiger partial charge in [-0.1, -0.05) is 88.1 Å². The van der Waals surface area contributed by atoms with E-state index < -0.39 is 11.8 Å². The first-order valence-electron chi connectivity index (χ1n) is 9.88. The van der Waals surface area contributed by atoms with Crippen molar-refractivity contribution in [3.05, 3.63) is 35.9 Å². The molecular weight excluding hydrogens is 312 g/mol. The zero-order valence-electron chi connectivity index (χ0n) is 15.3. The van der Waals surface area contributed by atoms with Crippen molar-refractivity contribution in [3.8, 4) is 0 Å². The van der Waals surface area contributed by atoms with Crippen molar-refractivity contribution < 1.29 is 9.59 Å². The maximum Gasteiger partial charge on any atom is 0.309 e. The van der Waals surface area contributed by atoms with Crippen LogP contribution in [-0.4, -0.2) is 17.9 Å². The predicted octanol–water partition coefficient (Wildman–Crippen LogP) is 4.09. The van der Waals surface area contributed by atoms with Crippen molar-refractivity contribution >= 4 is 11.8 Å². The second-order valence-corrected chi connectivity index (χ2v) is 7.10. The Kier molecular flexibility index (Phi) is 9.09. The van der Waals surface area contributed by atoms with E-state index in [1.807, 2.05) is 30.3 Å². The zero-order chi connectivity index (χ0) is 17.7. The van der Waals surface area contributed by atoms with E-state index in [-0.39, 0.29) is 6.04 Å². The summed E-state index contributed by atoms with van der Waals surface area (Å²) < 4.78 is 0. The smallest absolute Gasteiger partial charge is 0.309 e. The molecule has 0 spiro atoms. The third-order valence-electron chi connectivity index (χ3n) is 4.94. The van der Waals surface area contributed by atoms with Gasteiger partial charge in [-0.05, 0) is 18.4 Å². The third-order valence-corrected chi connectivity index (χ3v) is 4.94. The van der Waals surface area contributed by atoms with Gasteiger partial charge in [0.2, 0.25) is 0 Å². The molecule has 0 bridgehead atoms. The molecule has 2 amide bonds. The Labute approximate surface area is 151 Å². The van der Waals surface area contributed by atoms with Crippen molar-refractivity contribution in [2.75, 3.05) is 0 Å². The molecule has 138 valence electrons. The molecule has 1 saturated carbocycles. The molecule has 4 nitrogen and oxygen atoms in total. The Balaban J connectivity index is 1.75. The van der Waals surface area contributed by atoms with Gasteiger partial charge in [-0.2, -0.15) is 0 Å². The second-order valence-electron chi connectivity index (χ2n) is 7.10. The first-order chi connectivity index (χ1) is 12.3. The highest BCUT2D eigenvalue weighted by Crippen LogP contribution is 2.16. The van der Waals surface area contributed by atoms with E-state index >= 15 is 0 Å². The van der Waals surface area contributed by atoms with Crippen LogP contribution in [0, 0.1) is 0 Å². The van der Waals surface area contributed by atoms with E-state index in [4.69, 9.17) is 0 Å². The molecule has 0 atom stereocenters. The topological polar surface area (TPSA) is 58.2 Å². The molecule has 0 heterocycles. The molecule has 0 saturated heterocycles. The molecule has 1 aromatic rings. The second kappa shape index (κ2) is 11.7. The van der Waals surface area contributed by atoms with Crippen LogP contribution in [0.3, 0.4) is 0 Å². The van der Waals surface area contributed by atoms with Gasteiger partial charge in [-0.25, -0.2) is 0 Å². The lowest BCUT2D eigenvalue weighted by atomic mass is 9.98. The average Bonchev–Trinajstić information content (AvgIpc) is 2.62. The maximum absolute atomic E-state index is 12.2. The molecular formula is C21H32N2O2. The van der Waals surface area contributed by atoms with Gasteiger partial charge in [0.05, 0.1) is 0 Å². The fourth-order valence-corrected chi connectivity index (χ4v) is 3.42. The van der Waals surface area contributed by atoms with Crippen LogP contribution in [0.4, 0.5) is 0 Å². The summed E-state index contributed by atoms with van der Waals surface area (Å²) in [5.74, 6) is -1.03. The Hall–Kier alpha value is -1.84. The lowest BCUT2D eigenvalue weighted by Crippen LogP contribution is -2.44. The fourth-order valence-electron chi connectivity index (χ4n) is 3.42. The SMILES string of the molecule is O=C(NCc1ccccc1)C(=O)NC1CCCCCCCCCCC1. The molecule has 1 aliphatic rings. The molecule has 4 heteroatoms. The standard InChI is InChI=1S/C21H32N2O2/c24-20(22-17-18-13-9-8-10-14-18)21(25)23-19-15-11-6-4-2-1-3-5-7-12-16-19/h8-10,13-14,19H,1-7,11-12,15-17H2,(H,22,24)(H,23,25). The summed E-state index contributed by atoms with van der Waals surface area (Å²) >= 11 is 0. The lowest BCUT2D eigenvalue weighted by Gasteiger charge is -2.19. The van der Waals surface area contributed by atoms with E-state index in [2.05, 4.69) is 10.6 Å². The van der Waals surface area contributed by atoms with Crippen molar-refractivity contribution in [1.82, 2.24) is 10.6 Å². The van der Waals surface area contributed by atoms with Crippen molar-refractivity contribution in [2.24, 2.45) is 0 Å². The van der Waals surface area contributed by atoms with E-state index in [9.17, 15) is 9.59 Å². The molecule has 2 rings (SSSR count). The van der Waals surface area contributed by atoms with Crippen LogP contribution in [0.15, 0.2) is 30.3 Å². The van der Waals surface area contributed by atoms with E-state index in [0.717, 1.165) is 31.2 Å². The number of hydrogen-bond acceptors (Lipinski definition) is 2. The fraction of sp³-hybridized carbons (Fsp3) is 0.619. The van der Waals surface area contributed by atoms with Crippen LogP contribution in [0.2, 0.25) is 0 Å². The largest absolute Gasteiger partial charge is 0.345 e. The monoisotopic (exact) mass is 344 g/mol. The van der Waals surface area contributed by atoms with Gasteiger partial charge in [0, 0.05) is 12.6 Å². The first kappa shape index (κ1) is 19.5.